The van der Waals surface area contributed by atoms with E-state index in [2.05, 4.69) is 28.2 Å². The predicted molar refractivity (Wildman–Crippen MR) is 112 cm³/mol. The third-order valence-electron chi connectivity index (χ3n) is 4.68. The number of carbonyl (C=O) groups excluding carboxylic acids is 1. The highest BCUT2D eigenvalue weighted by Crippen LogP contribution is 2.19. The number of carboxylic acids is 1. The van der Waals surface area contributed by atoms with Crippen molar-refractivity contribution >= 4 is 35.4 Å². The van der Waals surface area contributed by atoms with Gasteiger partial charge in [0.05, 0.1) is 6.04 Å². The normalized spacial score (nSPS) is 13.2. The zero-order chi connectivity index (χ0) is 20.8. The number of benzene rings is 2. The summed E-state index contributed by atoms with van der Waals surface area (Å²) in [5.41, 5.74) is 2.53. The predicted octanol–water partition coefficient (Wildman–Crippen LogP) is 2.51. The molecule has 0 spiro atoms. The molecule has 3 rings (SSSR count). The average molecular weight is 415 g/mol. The van der Waals surface area contributed by atoms with Gasteiger partial charge in [-0.25, -0.2) is 9.18 Å². The molecule has 0 aliphatic rings. The highest BCUT2D eigenvalue weighted by atomic mass is 32.1. The fourth-order valence-corrected chi connectivity index (χ4v) is 3.37. The fourth-order valence-electron chi connectivity index (χ4n) is 3.08. The second-order valence-electron chi connectivity index (χ2n) is 6.71. The topological polar surface area (TPSA) is 94.2 Å². The number of thiol groups is 1. The van der Waals surface area contributed by atoms with E-state index in [4.69, 9.17) is 0 Å². The molecule has 29 heavy (non-hydrogen) atoms. The van der Waals surface area contributed by atoms with Crippen LogP contribution in [0.25, 0.3) is 10.9 Å². The van der Waals surface area contributed by atoms with Gasteiger partial charge in [-0.2, -0.15) is 12.6 Å². The monoisotopic (exact) mass is 415 g/mol. The van der Waals surface area contributed by atoms with Crippen molar-refractivity contribution in [3.8, 4) is 0 Å². The molecule has 0 fully saturated rings. The first-order chi connectivity index (χ1) is 14.0. The number of carboxylic acid groups (broad SMARTS) is 1. The van der Waals surface area contributed by atoms with Gasteiger partial charge in [0, 0.05) is 35.8 Å². The second-order valence-corrected chi connectivity index (χ2v) is 7.07. The molecule has 0 saturated carbocycles. The van der Waals surface area contributed by atoms with E-state index in [1.165, 1.54) is 12.1 Å². The van der Waals surface area contributed by atoms with Crippen LogP contribution in [0.2, 0.25) is 0 Å². The van der Waals surface area contributed by atoms with E-state index >= 15 is 0 Å². The molecule has 0 aliphatic carbocycles. The summed E-state index contributed by atoms with van der Waals surface area (Å²) in [6.45, 7) is 0.332. The third-order valence-corrected chi connectivity index (χ3v) is 5.04. The molecular formula is C21H22FN3O3S. The molecule has 6 nitrogen and oxygen atoms in total. The number of aromatic nitrogens is 1. The van der Waals surface area contributed by atoms with E-state index in [1.54, 1.807) is 18.3 Å². The number of hydrogen-bond acceptors (Lipinski definition) is 4. The van der Waals surface area contributed by atoms with Crippen LogP contribution in [-0.4, -0.2) is 39.8 Å². The number of rotatable bonds is 9. The molecule has 0 radical (unpaired) electrons. The maximum Gasteiger partial charge on any atom is 0.326 e. The highest BCUT2D eigenvalue weighted by molar-refractivity contribution is 7.80. The van der Waals surface area contributed by atoms with E-state index < -0.39 is 24.0 Å². The second kappa shape index (κ2) is 9.58. The first-order valence-corrected chi connectivity index (χ1v) is 9.78. The Morgan fingerprint density at radius 1 is 1.10 bits per heavy atom. The van der Waals surface area contributed by atoms with Gasteiger partial charge in [0.2, 0.25) is 5.91 Å². The molecule has 152 valence electrons. The zero-order valence-corrected chi connectivity index (χ0v) is 16.5. The minimum Gasteiger partial charge on any atom is -0.480 e. The lowest BCUT2D eigenvalue weighted by Crippen LogP contribution is -2.51. The highest BCUT2D eigenvalue weighted by Gasteiger charge is 2.25. The van der Waals surface area contributed by atoms with Gasteiger partial charge >= 0.3 is 5.97 Å². The van der Waals surface area contributed by atoms with Crippen molar-refractivity contribution in [2.45, 2.75) is 25.0 Å². The van der Waals surface area contributed by atoms with E-state index in [0.717, 1.165) is 22.0 Å². The lowest BCUT2D eigenvalue weighted by molar-refractivity contribution is -0.142. The molecule has 1 amide bonds. The largest absolute Gasteiger partial charge is 0.480 e. The van der Waals surface area contributed by atoms with Crippen molar-refractivity contribution in [1.29, 1.82) is 0 Å². The van der Waals surface area contributed by atoms with Crippen molar-refractivity contribution in [2.75, 3.05) is 5.75 Å². The lowest BCUT2D eigenvalue weighted by Gasteiger charge is -2.20. The van der Waals surface area contributed by atoms with Crippen molar-refractivity contribution in [3.05, 3.63) is 71.7 Å². The molecule has 2 atom stereocenters. The zero-order valence-electron chi connectivity index (χ0n) is 15.6. The van der Waals surface area contributed by atoms with Crippen LogP contribution in [0, 0.1) is 5.82 Å². The number of para-hydroxylation sites is 1. The third kappa shape index (κ3) is 5.36. The Kier molecular flexibility index (Phi) is 6.90. The SMILES string of the molecule is O=C(O)[C@H](Cc1c[nH]c2ccccc12)NC(=O)[C@H](CS)NCc1ccc(F)cc1. The van der Waals surface area contributed by atoms with Gasteiger partial charge in [-0.05, 0) is 29.3 Å². The number of fused-ring (bicyclic) bond motifs is 1. The van der Waals surface area contributed by atoms with Crippen LogP contribution in [-0.2, 0) is 22.6 Å². The van der Waals surface area contributed by atoms with Crippen LogP contribution >= 0.6 is 12.6 Å². The van der Waals surface area contributed by atoms with Gasteiger partial charge in [0.15, 0.2) is 0 Å². The van der Waals surface area contributed by atoms with Crippen molar-refractivity contribution < 1.29 is 19.1 Å². The van der Waals surface area contributed by atoms with Crippen LogP contribution < -0.4 is 10.6 Å². The smallest absolute Gasteiger partial charge is 0.326 e. The summed E-state index contributed by atoms with van der Waals surface area (Å²) in [5.74, 6) is -1.71. The Bertz CT molecular complexity index is 990. The van der Waals surface area contributed by atoms with Crippen LogP contribution in [0.1, 0.15) is 11.1 Å². The lowest BCUT2D eigenvalue weighted by atomic mass is 10.0. The molecule has 2 aromatic carbocycles. The van der Waals surface area contributed by atoms with Gasteiger partial charge in [-0.3, -0.25) is 4.79 Å². The Labute approximate surface area is 172 Å². The van der Waals surface area contributed by atoms with Crippen molar-refractivity contribution in [2.24, 2.45) is 0 Å². The molecule has 1 heterocycles. The Hall–Kier alpha value is -2.84. The number of aliphatic carboxylic acids is 1. The van der Waals surface area contributed by atoms with Crippen molar-refractivity contribution in [3.63, 3.8) is 0 Å². The number of halogens is 1. The van der Waals surface area contributed by atoms with E-state index in [-0.39, 0.29) is 18.0 Å². The molecule has 0 saturated heterocycles. The molecule has 8 heteroatoms. The summed E-state index contributed by atoms with van der Waals surface area (Å²) in [6.07, 6.45) is 1.91. The van der Waals surface area contributed by atoms with Gasteiger partial charge in [-0.1, -0.05) is 30.3 Å². The summed E-state index contributed by atoms with van der Waals surface area (Å²) < 4.78 is 13.0. The average Bonchev–Trinajstić information content (AvgIpc) is 3.12. The Morgan fingerprint density at radius 2 is 1.83 bits per heavy atom. The number of hydrogen-bond donors (Lipinski definition) is 5. The minimum absolute atomic E-state index is 0.155. The van der Waals surface area contributed by atoms with E-state index in [0.29, 0.717) is 6.54 Å². The Morgan fingerprint density at radius 3 is 2.52 bits per heavy atom. The first-order valence-electron chi connectivity index (χ1n) is 9.14. The number of aromatic amines is 1. The summed E-state index contributed by atoms with van der Waals surface area (Å²) in [7, 11) is 0. The van der Waals surface area contributed by atoms with Gasteiger partial charge in [-0.15, -0.1) is 0 Å². The van der Waals surface area contributed by atoms with Crippen molar-refractivity contribution in [1.82, 2.24) is 15.6 Å². The maximum absolute atomic E-state index is 13.0. The molecule has 3 aromatic rings. The van der Waals surface area contributed by atoms with Gasteiger partial charge in [0.25, 0.3) is 0 Å². The quantitative estimate of drug-likeness (QED) is 0.347. The summed E-state index contributed by atoms with van der Waals surface area (Å²) in [6, 6.07) is 11.7. The number of H-pyrrole nitrogens is 1. The van der Waals surface area contributed by atoms with Crippen LogP contribution in [0.5, 0.6) is 0 Å². The molecule has 0 unspecified atom stereocenters. The minimum atomic E-state index is -1.11. The summed E-state index contributed by atoms with van der Waals surface area (Å²) in [5, 5.41) is 16.1. The standard InChI is InChI=1S/C21H22FN3O3S/c22-15-7-5-13(6-8-15)10-23-19(12-29)20(26)25-18(21(27)28)9-14-11-24-17-4-2-1-3-16(14)17/h1-8,11,18-19,23-24,29H,9-10,12H2,(H,25,26)(H,27,28)/t18-,19-/m0/s1. The number of amides is 1. The summed E-state index contributed by atoms with van der Waals surface area (Å²) >= 11 is 4.19. The number of nitrogens with one attached hydrogen (secondary N) is 3. The van der Waals surface area contributed by atoms with Crippen LogP contribution in [0.4, 0.5) is 4.39 Å². The van der Waals surface area contributed by atoms with Gasteiger partial charge in [0.1, 0.15) is 11.9 Å². The fraction of sp³-hybridized carbons (Fsp3) is 0.238. The Balaban J connectivity index is 1.64. The molecular weight excluding hydrogens is 393 g/mol. The van der Waals surface area contributed by atoms with Gasteiger partial charge < -0.3 is 20.7 Å². The van der Waals surface area contributed by atoms with Crippen LogP contribution in [0.15, 0.2) is 54.7 Å². The first kappa shape index (κ1) is 20.9. The number of carbonyl (C=O) groups is 2. The van der Waals surface area contributed by atoms with E-state index in [1.807, 2.05) is 24.3 Å². The maximum atomic E-state index is 13.0. The molecule has 0 aliphatic heterocycles. The van der Waals surface area contributed by atoms with E-state index in [9.17, 15) is 19.1 Å². The molecule has 1 aromatic heterocycles. The summed E-state index contributed by atoms with van der Waals surface area (Å²) in [4.78, 5) is 27.4. The molecule has 4 N–H and O–H groups in total. The molecule has 0 bridgehead atoms. The van der Waals surface area contributed by atoms with Crippen LogP contribution in [0.3, 0.4) is 0 Å².